The predicted molar refractivity (Wildman–Crippen MR) is 87.0 cm³/mol. The van der Waals surface area contributed by atoms with E-state index < -0.39 is 0 Å². The maximum Gasteiger partial charge on any atom is 0.128 e. The van der Waals surface area contributed by atoms with Gasteiger partial charge in [-0.2, -0.15) is 0 Å². The van der Waals surface area contributed by atoms with Gasteiger partial charge >= 0.3 is 0 Å². The Morgan fingerprint density at radius 3 is 2.65 bits per heavy atom. The van der Waals surface area contributed by atoms with Crippen LogP contribution >= 0.6 is 12.6 Å². The highest BCUT2D eigenvalue weighted by Crippen LogP contribution is 2.23. The lowest BCUT2D eigenvalue weighted by atomic mass is 9.98. The van der Waals surface area contributed by atoms with Gasteiger partial charge in [0.25, 0.3) is 0 Å². The Morgan fingerprint density at radius 2 is 1.90 bits per heavy atom. The van der Waals surface area contributed by atoms with Gasteiger partial charge < -0.3 is 5.32 Å². The number of aliphatic imine (C=N–C) groups is 1. The third-order valence-corrected chi connectivity index (χ3v) is 3.95. The highest BCUT2D eigenvalue weighted by Gasteiger charge is 2.13. The van der Waals surface area contributed by atoms with Crippen molar-refractivity contribution >= 4 is 18.5 Å². The van der Waals surface area contributed by atoms with Crippen molar-refractivity contribution in [1.29, 1.82) is 0 Å². The molecule has 0 aromatic heterocycles. The number of nitrogens with zero attached hydrogens (tertiary/aromatic N) is 1. The summed E-state index contributed by atoms with van der Waals surface area (Å²) in [5.74, 6) is 1.01. The lowest BCUT2D eigenvalue weighted by Crippen LogP contribution is -2.31. The molecule has 0 aliphatic carbocycles. The number of thiol groups is 1. The molecular weight excluding hydrogens is 264 g/mol. The van der Waals surface area contributed by atoms with Gasteiger partial charge in [0, 0.05) is 23.5 Å². The topological polar surface area (TPSA) is 24.4 Å². The van der Waals surface area contributed by atoms with Crippen LogP contribution in [0.25, 0.3) is 0 Å². The highest BCUT2D eigenvalue weighted by atomic mass is 32.1. The van der Waals surface area contributed by atoms with Crippen LogP contribution in [0.1, 0.15) is 23.1 Å². The standard InChI is InChI=1S/C17H18N2S/c20-16-9-4-8-14(17-18-10-5-11-19-17)15(16)12-13-6-2-1-3-7-13/h1-4,6-9,20H,5,10-12H2,(H,18,19). The van der Waals surface area contributed by atoms with Gasteiger partial charge in [0.15, 0.2) is 0 Å². The molecule has 0 spiro atoms. The lowest BCUT2D eigenvalue weighted by Gasteiger charge is -2.18. The van der Waals surface area contributed by atoms with Crippen LogP contribution in [0, 0.1) is 0 Å². The molecule has 0 bridgehead atoms. The third-order valence-electron chi connectivity index (χ3n) is 3.53. The molecule has 0 unspecified atom stereocenters. The van der Waals surface area contributed by atoms with Gasteiger partial charge in [-0.05, 0) is 30.0 Å². The summed E-state index contributed by atoms with van der Waals surface area (Å²) < 4.78 is 0. The van der Waals surface area contributed by atoms with E-state index in [-0.39, 0.29) is 0 Å². The largest absolute Gasteiger partial charge is 0.370 e. The molecule has 2 aromatic carbocycles. The second-order valence-corrected chi connectivity index (χ2v) is 5.46. The molecule has 0 radical (unpaired) electrons. The second kappa shape index (κ2) is 6.14. The van der Waals surface area contributed by atoms with Crippen LogP contribution in [0.4, 0.5) is 0 Å². The van der Waals surface area contributed by atoms with Crippen LogP contribution < -0.4 is 5.32 Å². The van der Waals surface area contributed by atoms with E-state index in [1.807, 2.05) is 18.2 Å². The van der Waals surface area contributed by atoms with Gasteiger partial charge in [-0.3, -0.25) is 4.99 Å². The Labute approximate surface area is 125 Å². The number of hydrogen-bond acceptors (Lipinski definition) is 3. The number of rotatable bonds is 3. The van der Waals surface area contributed by atoms with Gasteiger partial charge in [0.05, 0.1) is 0 Å². The lowest BCUT2D eigenvalue weighted by molar-refractivity contribution is 0.741. The fraction of sp³-hybridized carbons (Fsp3) is 0.235. The average molecular weight is 282 g/mol. The van der Waals surface area contributed by atoms with Crippen molar-refractivity contribution in [3.8, 4) is 0 Å². The van der Waals surface area contributed by atoms with Crippen molar-refractivity contribution in [2.45, 2.75) is 17.7 Å². The molecule has 20 heavy (non-hydrogen) atoms. The van der Waals surface area contributed by atoms with Crippen molar-refractivity contribution in [2.24, 2.45) is 4.99 Å². The molecular formula is C17H18N2S. The first kappa shape index (κ1) is 13.3. The SMILES string of the molecule is Sc1cccc(C2=NCCCN2)c1Cc1ccccc1. The summed E-state index contributed by atoms with van der Waals surface area (Å²) >= 11 is 4.63. The van der Waals surface area contributed by atoms with Gasteiger partial charge in [0.1, 0.15) is 5.84 Å². The van der Waals surface area contributed by atoms with E-state index in [9.17, 15) is 0 Å². The van der Waals surface area contributed by atoms with Crippen LogP contribution in [0.15, 0.2) is 58.4 Å². The van der Waals surface area contributed by atoms with E-state index in [0.717, 1.165) is 36.7 Å². The van der Waals surface area contributed by atoms with Gasteiger partial charge in [-0.1, -0.05) is 42.5 Å². The summed E-state index contributed by atoms with van der Waals surface area (Å²) in [7, 11) is 0. The minimum Gasteiger partial charge on any atom is -0.370 e. The summed E-state index contributed by atoms with van der Waals surface area (Å²) in [4.78, 5) is 5.64. The maximum atomic E-state index is 4.63. The Kier molecular flexibility index (Phi) is 4.07. The van der Waals surface area contributed by atoms with Crippen molar-refractivity contribution in [3.05, 3.63) is 65.2 Å². The Bertz CT molecular complexity index is 620. The maximum absolute atomic E-state index is 4.63. The number of hydrogen-bond donors (Lipinski definition) is 2. The molecule has 0 fully saturated rings. The molecule has 1 aliphatic heterocycles. The summed E-state index contributed by atoms with van der Waals surface area (Å²) in [6, 6.07) is 16.7. The van der Waals surface area contributed by atoms with Crippen LogP contribution in [-0.2, 0) is 6.42 Å². The van der Waals surface area contributed by atoms with Crippen molar-refractivity contribution < 1.29 is 0 Å². The van der Waals surface area contributed by atoms with E-state index in [1.165, 1.54) is 16.7 Å². The molecule has 0 saturated carbocycles. The predicted octanol–water partition coefficient (Wildman–Crippen LogP) is 3.31. The summed E-state index contributed by atoms with van der Waals surface area (Å²) in [6.07, 6.45) is 1.99. The molecule has 2 aromatic rings. The second-order valence-electron chi connectivity index (χ2n) is 4.98. The fourth-order valence-electron chi connectivity index (χ4n) is 2.50. The minimum absolute atomic E-state index is 0.885. The van der Waals surface area contributed by atoms with Crippen molar-refractivity contribution in [2.75, 3.05) is 13.1 Å². The molecule has 102 valence electrons. The van der Waals surface area contributed by atoms with Crippen LogP contribution in [0.2, 0.25) is 0 Å². The van der Waals surface area contributed by atoms with Crippen molar-refractivity contribution in [1.82, 2.24) is 5.32 Å². The van der Waals surface area contributed by atoms with Crippen LogP contribution in [0.3, 0.4) is 0 Å². The van der Waals surface area contributed by atoms with E-state index >= 15 is 0 Å². The first-order valence-electron chi connectivity index (χ1n) is 6.98. The summed E-state index contributed by atoms with van der Waals surface area (Å²) in [6.45, 7) is 1.91. The minimum atomic E-state index is 0.885. The van der Waals surface area contributed by atoms with Gasteiger partial charge in [0.2, 0.25) is 0 Å². The molecule has 1 N–H and O–H groups in total. The van der Waals surface area contributed by atoms with Crippen molar-refractivity contribution in [3.63, 3.8) is 0 Å². The molecule has 3 rings (SSSR count). The van der Waals surface area contributed by atoms with E-state index in [2.05, 4.69) is 53.3 Å². The zero-order chi connectivity index (χ0) is 13.8. The molecule has 2 nitrogen and oxygen atoms in total. The zero-order valence-corrected chi connectivity index (χ0v) is 12.2. The first-order chi connectivity index (χ1) is 9.84. The number of nitrogens with one attached hydrogen (secondary N) is 1. The smallest absolute Gasteiger partial charge is 0.128 e. The third kappa shape index (κ3) is 2.88. The average Bonchev–Trinajstić information content (AvgIpc) is 2.51. The van der Waals surface area contributed by atoms with Gasteiger partial charge in [-0.25, -0.2) is 0 Å². The van der Waals surface area contributed by atoms with E-state index in [1.54, 1.807) is 0 Å². The summed E-state index contributed by atoms with van der Waals surface area (Å²) in [5.41, 5.74) is 3.72. The Balaban J connectivity index is 1.99. The Hall–Kier alpha value is -1.74. The summed E-state index contributed by atoms with van der Waals surface area (Å²) in [5, 5.41) is 3.40. The highest BCUT2D eigenvalue weighted by molar-refractivity contribution is 7.80. The molecule has 0 amide bonds. The van der Waals surface area contributed by atoms with Crippen LogP contribution in [0.5, 0.6) is 0 Å². The van der Waals surface area contributed by atoms with Gasteiger partial charge in [-0.15, -0.1) is 12.6 Å². The molecule has 1 aliphatic rings. The first-order valence-corrected chi connectivity index (χ1v) is 7.43. The fourth-order valence-corrected chi connectivity index (χ4v) is 2.78. The molecule has 1 heterocycles. The quantitative estimate of drug-likeness (QED) is 0.829. The van der Waals surface area contributed by atoms with Crippen LogP contribution in [-0.4, -0.2) is 18.9 Å². The monoisotopic (exact) mass is 282 g/mol. The van der Waals surface area contributed by atoms with E-state index in [0.29, 0.717) is 0 Å². The Morgan fingerprint density at radius 1 is 1.05 bits per heavy atom. The molecule has 0 atom stereocenters. The number of amidine groups is 1. The molecule has 3 heteroatoms. The number of benzene rings is 2. The zero-order valence-electron chi connectivity index (χ0n) is 11.3. The van der Waals surface area contributed by atoms with E-state index in [4.69, 9.17) is 0 Å². The molecule has 0 saturated heterocycles. The normalized spacial score (nSPS) is 14.6.